The molecule has 0 radical (unpaired) electrons. The lowest BCUT2D eigenvalue weighted by molar-refractivity contribution is 0.206. The molecule has 2 fully saturated rings. The summed E-state index contributed by atoms with van der Waals surface area (Å²) in [6, 6.07) is 6.90. The van der Waals surface area contributed by atoms with E-state index >= 15 is 0 Å². The molecule has 0 heterocycles. The van der Waals surface area contributed by atoms with Gasteiger partial charge in [-0.3, -0.25) is 4.18 Å². The Kier molecular flexibility index (Phi) is 5.12. The van der Waals surface area contributed by atoms with E-state index in [1.807, 2.05) is 19.1 Å². The third kappa shape index (κ3) is 3.63. The Bertz CT molecular complexity index is 621. The van der Waals surface area contributed by atoms with Crippen molar-refractivity contribution in [1.29, 1.82) is 0 Å². The molecule has 4 atom stereocenters. The quantitative estimate of drug-likeness (QED) is 0.716. The molecule has 2 aliphatic rings. The highest BCUT2D eigenvalue weighted by Crippen LogP contribution is 2.52. The fourth-order valence-electron chi connectivity index (χ4n) is 4.73. The van der Waals surface area contributed by atoms with Gasteiger partial charge in [0.25, 0.3) is 10.1 Å². The molecule has 1 aromatic carbocycles. The Morgan fingerprint density at radius 1 is 1.00 bits per heavy atom. The minimum atomic E-state index is -3.62. The van der Waals surface area contributed by atoms with Crippen LogP contribution in [0.2, 0.25) is 0 Å². The van der Waals surface area contributed by atoms with Crippen molar-refractivity contribution in [2.24, 2.45) is 23.7 Å². The van der Waals surface area contributed by atoms with Gasteiger partial charge in [-0.1, -0.05) is 37.5 Å². The maximum absolute atomic E-state index is 12.3. The molecule has 0 aliphatic heterocycles. The molecular weight excluding hydrogens is 308 g/mol. The molecule has 0 amide bonds. The average Bonchev–Trinajstić information content (AvgIpc) is 3.09. The number of rotatable bonds is 6. The number of aryl methyl sites for hydroxylation is 1. The van der Waals surface area contributed by atoms with Crippen molar-refractivity contribution in [2.45, 2.75) is 57.3 Å². The smallest absolute Gasteiger partial charge is 0.266 e. The van der Waals surface area contributed by atoms with Crippen molar-refractivity contribution in [3.05, 3.63) is 29.8 Å². The monoisotopic (exact) mass is 336 g/mol. The minimum absolute atomic E-state index is 0.271. The lowest BCUT2D eigenvalue weighted by Crippen LogP contribution is -2.19. The first-order valence-corrected chi connectivity index (χ1v) is 10.4. The lowest BCUT2D eigenvalue weighted by Gasteiger charge is -2.20. The van der Waals surface area contributed by atoms with Crippen molar-refractivity contribution in [2.75, 3.05) is 6.61 Å². The van der Waals surface area contributed by atoms with E-state index in [0.29, 0.717) is 18.4 Å². The van der Waals surface area contributed by atoms with E-state index in [1.54, 1.807) is 12.1 Å². The molecule has 2 unspecified atom stereocenters. The van der Waals surface area contributed by atoms with Crippen LogP contribution in [0.5, 0.6) is 0 Å². The number of benzene rings is 1. The summed E-state index contributed by atoms with van der Waals surface area (Å²) in [7, 11) is -3.62. The molecule has 0 saturated heterocycles. The maximum Gasteiger partial charge on any atom is 0.296 e. The van der Waals surface area contributed by atoms with E-state index in [2.05, 4.69) is 6.92 Å². The van der Waals surface area contributed by atoms with E-state index in [-0.39, 0.29) is 4.90 Å². The van der Waals surface area contributed by atoms with Gasteiger partial charge in [-0.2, -0.15) is 8.42 Å². The summed E-state index contributed by atoms with van der Waals surface area (Å²) in [6.45, 7) is 4.57. The molecule has 2 aliphatic carbocycles. The van der Waals surface area contributed by atoms with Crippen LogP contribution in [0.15, 0.2) is 29.2 Å². The Morgan fingerprint density at radius 2 is 1.61 bits per heavy atom. The number of fused-ring (bicyclic) bond motifs is 1. The molecule has 0 aromatic heterocycles. The van der Waals surface area contributed by atoms with Crippen LogP contribution >= 0.6 is 0 Å². The number of hydrogen-bond donors (Lipinski definition) is 0. The SMILES string of the molecule is CCCC1CC[C@H]2C(COS(=O)(=O)c3ccc(C)cc3)CC[C@@H]12. The summed E-state index contributed by atoms with van der Waals surface area (Å²) in [4.78, 5) is 0.271. The van der Waals surface area contributed by atoms with E-state index in [1.165, 1.54) is 32.1 Å². The first kappa shape index (κ1) is 17.0. The first-order chi connectivity index (χ1) is 11.0. The predicted octanol–water partition coefficient (Wildman–Crippen LogP) is 4.55. The molecule has 4 heteroatoms. The zero-order valence-corrected chi connectivity index (χ0v) is 15.0. The van der Waals surface area contributed by atoms with Gasteiger partial charge in [-0.15, -0.1) is 0 Å². The second-order valence-electron chi connectivity index (χ2n) is 7.34. The van der Waals surface area contributed by atoms with Gasteiger partial charge in [0.1, 0.15) is 0 Å². The van der Waals surface area contributed by atoms with Crippen LogP contribution in [0, 0.1) is 30.6 Å². The highest BCUT2D eigenvalue weighted by atomic mass is 32.2. The van der Waals surface area contributed by atoms with Crippen LogP contribution in [0.1, 0.15) is 51.0 Å². The molecule has 3 nitrogen and oxygen atoms in total. The van der Waals surface area contributed by atoms with Crippen molar-refractivity contribution in [1.82, 2.24) is 0 Å². The second kappa shape index (κ2) is 6.94. The first-order valence-electron chi connectivity index (χ1n) is 8.97. The Morgan fingerprint density at radius 3 is 2.26 bits per heavy atom. The summed E-state index contributed by atoms with van der Waals surface area (Å²) in [5.74, 6) is 2.77. The summed E-state index contributed by atoms with van der Waals surface area (Å²) in [6.07, 6.45) is 7.55. The van der Waals surface area contributed by atoms with Gasteiger partial charge in [0.15, 0.2) is 0 Å². The Balaban J connectivity index is 1.60. The van der Waals surface area contributed by atoms with Crippen molar-refractivity contribution >= 4 is 10.1 Å². The number of hydrogen-bond acceptors (Lipinski definition) is 3. The minimum Gasteiger partial charge on any atom is -0.266 e. The third-order valence-corrected chi connectivity index (χ3v) is 7.20. The zero-order chi connectivity index (χ0) is 16.4. The van der Waals surface area contributed by atoms with E-state index in [4.69, 9.17) is 4.18 Å². The molecular formula is C19H28O3S. The van der Waals surface area contributed by atoms with E-state index in [9.17, 15) is 8.42 Å². The summed E-state index contributed by atoms with van der Waals surface area (Å²) in [5.41, 5.74) is 1.05. The molecule has 128 valence electrons. The van der Waals surface area contributed by atoms with Crippen LogP contribution < -0.4 is 0 Å². The third-order valence-electron chi connectivity index (χ3n) is 5.91. The molecule has 0 spiro atoms. The normalized spacial score (nSPS) is 30.5. The predicted molar refractivity (Wildman–Crippen MR) is 91.7 cm³/mol. The topological polar surface area (TPSA) is 43.4 Å². The molecule has 0 N–H and O–H groups in total. The molecule has 23 heavy (non-hydrogen) atoms. The van der Waals surface area contributed by atoms with Gasteiger partial charge >= 0.3 is 0 Å². The zero-order valence-electron chi connectivity index (χ0n) is 14.2. The van der Waals surface area contributed by atoms with Crippen LogP contribution in [0.3, 0.4) is 0 Å². The van der Waals surface area contributed by atoms with Crippen LogP contribution in [0.25, 0.3) is 0 Å². The lowest BCUT2D eigenvalue weighted by atomic mass is 9.87. The summed E-state index contributed by atoms with van der Waals surface area (Å²) < 4.78 is 30.1. The van der Waals surface area contributed by atoms with Gasteiger partial charge in [0, 0.05) is 0 Å². The highest BCUT2D eigenvalue weighted by Gasteiger charge is 2.44. The Labute approximate surface area is 140 Å². The Hall–Kier alpha value is -0.870. The van der Waals surface area contributed by atoms with Gasteiger partial charge in [0.2, 0.25) is 0 Å². The second-order valence-corrected chi connectivity index (χ2v) is 8.96. The van der Waals surface area contributed by atoms with E-state index < -0.39 is 10.1 Å². The molecule has 1 aromatic rings. The van der Waals surface area contributed by atoms with Crippen LogP contribution in [0.4, 0.5) is 0 Å². The maximum atomic E-state index is 12.3. The fraction of sp³-hybridized carbons (Fsp3) is 0.684. The van der Waals surface area contributed by atoms with Gasteiger partial charge < -0.3 is 0 Å². The highest BCUT2D eigenvalue weighted by molar-refractivity contribution is 7.86. The standard InChI is InChI=1S/C19H28O3S/c1-3-4-15-7-11-19-16(8-12-18(15)19)13-22-23(20,21)17-9-5-14(2)6-10-17/h5-6,9-10,15-16,18-19H,3-4,7-8,11-13H2,1-2H3/t15?,16?,18-,19-/m0/s1. The fourth-order valence-corrected chi connectivity index (χ4v) is 5.69. The van der Waals surface area contributed by atoms with Crippen molar-refractivity contribution < 1.29 is 12.6 Å². The van der Waals surface area contributed by atoms with Gasteiger partial charge in [0.05, 0.1) is 11.5 Å². The molecule has 3 rings (SSSR count). The molecule has 2 saturated carbocycles. The van der Waals surface area contributed by atoms with Gasteiger partial charge in [-0.05, 0) is 68.4 Å². The summed E-state index contributed by atoms with van der Waals surface area (Å²) >= 11 is 0. The summed E-state index contributed by atoms with van der Waals surface area (Å²) in [5, 5.41) is 0. The van der Waals surface area contributed by atoms with Crippen LogP contribution in [-0.2, 0) is 14.3 Å². The van der Waals surface area contributed by atoms with Crippen molar-refractivity contribution in [3.63, 3.8) is 0 Å². The van der Waals surface area contributed by atoms with E-state index in [0.717, 1.165) is 23.8 Å². The largest absolute Gasteiger partial charge is 0.296 e. The van der Waals surface area contributed by atoms with Gasteiger partial charge in [-0.25, -0.2) is 0 Å². The van der Waals surface area contributed by atoms with Crippen LogP contribution in [-0.4, -0.2) is 15.0 Å². The average molecular weight is 336 g/mol. The molecule has 0 bridgehead atoms. The van der Waals surface area contributed by atoms with Crippen molar-refractivity contribution in [3.8, 4) is 0 Å².